The Kier molecular flexibility index (Phi) is 4.31. The Labute approximate surface area is 109 Å². The van der Waals surface area contributed by atoms with Crippen LogP contribution in [0.5, 0.6) is 5.75 Å². The molecule has 0 radical (unpaired) electrons. The number of nitrogen functional groups attached to an aromatic ring is 1. The lowest BCUT2D eigenvalue weighted by Gasteiger charge is -2.21. The number of likely N-dealkylation sites (tertiary alicyclic amines) is 1. The van der Waals surface area contributed by atoms with Crippen LogP contribution >= 0.6 is 0 Å². The fourth-order valence-corrected chi connectivity index (χ4v) is 2.44. The molecule has 0 bridgehead atoms. The van der Waals surface area contributed by atoms with Gasteiger partial charge >= 0.3 is 0 Å². The molecule has 2 rings (SSSR count). The first-order valence-corrected chi connectivity index (χ1v) is 6.67. The highest BCUT2D eigenvalue weighted by atomic mass is 16.5. The van der Waals surface area contributed by atoms with E-state index in [9.17, 15) is 0 Å². The fraction of sp³-hybridized carbons (Fsp3) is 0.571. The third-order valence-electron chi connectivity index (χ3n) is 3.57. The number of likely N-dealkylation sites (N-methyl/N-ethyl adjacent to an activating group) is 1. The summed E-state index contributed by atoms with van der Waals surface area (Å²) in [7, 11) is 2.18. The number of nitrogens with two attached hydrogens (primary N) is 1. The molecule has 1 saturated heterocycles. The molecular weight excluding hydrogens is 226 g/mol. The van der Waals surface area contributed by atoms with E-state index in [2.05, 4.69) is 17.3 Å². The number of anilines is 2. The first kappa shape index (κ1) is 13.0. The van der Waals surface area contributed by atoms with E-state index in [0.717, 1.165) is 18.0 Å². The minimum absolute atomic E-state index is 0.611. The summed E-state index contributed by atoms with van der Waals surface area (Å²) < 4.78 is 5.49. The topological polar surface area (TPSA) is 50.5 Å². The second-order valence-corrected chi connectivity index (χ2v) is 4.81. The molecular formula is C14H23N3O. The van der Waals surface area contributed by atoms with Crippen molar-refractivity contribution in [2.45, 2.75) is 25.8 Å². The van der Waals surface area contributed by atoms with Gasteiger partial charge in [0.2, 0.25) is 0 Å². The van der Waals surface area contributed by atoms with Crippen molar-refractivity contribution in [1.82, 2.24) is 4.90 Å². The van der Waals surface area contributed by atoms with Crippen LogP contribution in [0.2, 0.25) is 0 Å². The lowest BCUT2D eigenvalue weighted by atomic mass is 10.2. The zero-order chi connectivity index (χ0) is 13.0. The molecule has 4 heteroatoms. The van der Waals surface area contributed by atoms with E-state index >= 15 is 0 Å². The maximum Gasteiger partial charge on any atom is 0.144 e. The van der Waals surface area contributed by atoms with Crippen LogP contribution in [-0.4, -0.2) is 37.7 Å². The highest BCUT2D eigenvalue weighted by Crippen LogP contribution is 2.29. The number of hydrogen-bond donors (Lipinski definition) is 2. The summed E-state index contributed by atoms with van der Waals surface area (Å²) in [6, 6.07) is 6.50. The van der Waals surface area contributed by atoms with Crippen molar-refractivity contribution >= 4 is 11.4 Å². The molecule has 0 amide bonds. The van der Waals surface area contributed by atoms with Crippen LogP contribution in [0.3, 0.4) is 0 Å². The normalized spacial score (nSPS) is 20.0. The van der Waals surface area contributed by atoms with Gasteiger partial charge in [0.25, 0.3) is 0 Å². The number of rotatable bonds is 5. The molecule has 1 atom stereocenters. The summed E-state index contributed by atoms with van der Waals surface area (Å²) in [6.07, 6.45) is 2.55. The van der Waals surface area contributed by atoms with Crippen molar-refractivity contribution in [2.24, 2.45) is 0 Å². The van der Waals surface area contributed by atoms with Gasteiger partial charge in [-0.3, -0.25) is 0 Å². The highest BCUT2D eigenvalue weighted by Gasteiger charge is 2.20. The lowest BCUT2D eigenvalue weighted by Crippen LogP contribution is -2.31. The number of benzene rings is 1. The Hall–Kier alpha value is -1.42. The average molecular weight is 249 g/mol. The van der Waals surface area contributed by atoms with Crippen LogP contribution < -0.4 is 15.8 Å². The minimum Gasteiger partial charge on any atom is -0.492 e. The van der Waals surface area contributed by atoms with Crippen molar-refractivity contribution in [3.63, 3.8) is 0 Å². The van der Waals surface area contributed by atoms with Crippen molar-refractivity contribution in [1.29, 1.82) is 0 Å². The van der Waals surface area contributed by atoms with Gasteiger partial charge in [-0.25, -0.2) is 0 Å². The van der Waals surface area contributed by atoms with E-state index in [1.54, 1.807) is 0 Å². The first-order chi connectivity index (χ1) is 8.72. The van der Waals surface area contributed by atoms with Gasteiger partial charge in [-0.05, 0) is 45.5 Å². The van der Waals surface area contributed by atoms with Gasteiger partial charge in [0.05, 0.1) is 18.0 Å². The molecule has 0 saturated carbocycles. The zero-order valence-corrected chi connectivity index (χ0v) is 11.3. The predicted molar refractivity (Wildman–Crippen MR) is 76.2 cm³/mol. The third kappa shape index (κ3) is 2.88. The summed E-state index contributed by atoms with van der Waals surface area (Å²) in [5.41, 5.74) is 7.77. The van der Waals surface area contributed by atoms with E-state index in [4.69, 9.17) is 10.5 Å². The Bertz CT molecular complexity index is 395. The van der Waals surface area contributed by atoms with Crippen LogP contribution in [0.1, 0.15) is 19.8 Å². The number of nitrogens with one attached hydrogen (secondary N) is 1. The first-order valence-electron chi connectivity index (χ1n) is 6.67. The van der Waals surface area contributed by atoms with E-state index in [1.165, 1.54) is 19.4 Å². The number of nitrogens with zero attached hydrogens (tertiary/aromatic N) is 1. The van der Waals surface area contributed by atoms with Crippen molar-refractivity contribution < 1.29 is 4.74 Å². The SMILES string of the molecule is CCOc1cccc(NCC2CCCN2C)c1N. The van der Waals surface area contributed by atoms with Gasteiger partial charge < -0.3 is 20.7 Å². The van der Waals surface area contributed by atoms with Crippen molar-refractivity contribution in [2.75, 3.05) is 37.8 Å². The maximum absolute atomic E-state index is 6.09. The van der Waals surface area contributed by atoms with Crippen LogP contribution in [0.15, 0.2) is 18.2 Å². The largest absolute Gasteiger partial charge is 0.492 e. The molecule has 1 aromatic rings. The summed E-state index contributed by atoms with van der Waals surface area (Å²) in [6.45, 7) is 4.74. The molecule has 1 unspecified atom stereocenters. The number of para-hydroxylation sites is 1. The van der Waals surface area contributed by atoms with Crippen molar-refractivity contribution in [3.05, 3.63) is 18.2 Å². The number of hydrogen-bond acceptors (Lipinski definition) is 4. The second kappa shape index (κ2) is 5.96. The second-order valence-electron chi connectivity index (χ2n) is 4.81. The summed E-state index contributed by atoms with van der Waals surface area (Å²) in [5.74, 6) is 0.766. The van der Waals surface area contributed by atoms with Gasteiger partial charge in [0.15, 0.2) is 0 Å². The fourth-order valence-electron chi connectivity index (χ4n) is 2.44. The quantitative estimate of drug-likeness (QED) is 0.785. The monoisotopic (exact) mass is 249 g/mol. The average Bonchev–Trinajstić information content (AvgIpc) is 2.76. The van der Waals surface area contributed by atoms with Gasteiger partial charge in [-0.15, -0.1) is 0 Å². The maximum atomic E-state index is 6.09. The molecule has 100 valence electrons. The summed E-state index contributed by atoms with van der Waals surface area (Å²) in [4.78, 5) is 2.40. The molecule has 1 heterocycles. The predicted octanol–water partition coefficient (Wildman–Crippen LogP) is 2.17. The van der Waals surface area contributed by atoms with E-state index < -0.39 is 0 Å². The molecule has 1 aliphatic heterocycles. The Morgan fingerprint density at radius 2 is 2.33 bits per heavy atom. The molecule has 4 nitrogen and oxygen atoms in total. The Morgan fingerprint density at radius 3 is 3.00 bits per heavy atom. The van der Waals surface area contributed by atoms with E-state index in [1.807, 2.05) is 25.1 Å². The molecule has 1 fully saturated rings. The molecule has 1 aliphatic rings. The zero-order valence-electron chi connectivity index (χ0n) is 11.3. The summed E-state index contributed by atoms with van der Waals surface area (Å²) >= 11 is 0. The van der Waals surface area contributed by atoms with Gasteiger partial charge in [-0.1, -0.05) is 6.07 Å². The van der Waals surface area contributed by atoms with Crippen molar-refractivity contribution in [3.8, 4) is 5.75 Å². The smallest absolute Gasteiger partial charge is 0.144 e. The standard InChI is InChI=1S/C14H23N3O/c1-3-18-13-8-4-7-12(14(13)15)16-10-11-6-5-9-17(11)2/h4,7-8,11,16H,3,5-6,9-10,15H2,1-2H3. The molecule has 0 spiro atoms. The van der Waals surface area contributed by atoms with Crippen LogP contribution in [0.4, 0.5) is 11.4 Å². The minimum atomic E-state index is 0.611. The highest BCUT2D eigenvalue weighted by molar-refractivity contribution is 5.72. The molecule has 3 N–H and O–H groups in total. The van der Waals surface area contributed by atoms with Crippen LogP contribution in [-0.2, 0) is 0 Å². The molecule has 0 aromatic heterocycles. The third-order valence-corrected chi connectivity index (χ3v) is 3.57. The molecule has 1 aromatic carbocycles. The van der Waals surface area contributed by atoms with E-state index in [0.29, 0.717) is 18.3 Å². The van der Waals surface area contributed by atoms with Crippen LogP contribution in [0, 0.1) is 0 Å². The van der Waals surface area contributed by atoms with Gasteiger partial charge in [-0.2, -0.15) is 0 Å². The molecule has 18 heavy (non-hydrogen) atoms. The van der Waals surface area contributed by atoms with Crippen LogP contribution in [0.25, 0.3) is 0 Å². The summed E-state index contributed by atoms with van der Waals surface area (Å²) in [5, 5.41) is 3.44. The lowest BCUT2D eigenvalue weighted by molar-refractivity contribution is 0.322. The number of ether oxygens (including phenoxy) is 1. The molecule has 0 aliphatic carbocycles. The van der Waals surface area contributed by atoms with Gasteiger partial charge in [0.1, 0.15) is 5.75 Å². The Balaban J connectivity index is 1.98. The van der Waals surface area contributed by atoms with E-state index in [-0.39, 0.29) is 0 Å². The van der Waals surface area contributed by atoms with Gasteiger partial charge in [0, 0.05) is 12.6 Å². The Morgan fingerprint density at radius 1 is 1.50 bits per heavy atom.